The Balaban J connectivity index is 1.61. The van der Waals surface area contributed by atoms with Crippen molar-refractivity contribution in [1.29, 1.82) is 0 Å². The first kappa shape index (κ1) is 27.9. The lowest BCUT2D eigenvalue weighted by atomic mass is 10.2. The molecule has 0 heterocycles. The van der Waals surface area contributed by atoms with Crippen LogP contribution in [0.4, 0.5) is 15.8 Å². The lowest BCUT2D eigenvalue weighted by molar-refractivity contribution is -0.136. The largest absolute Gasteiger partial charge is 0.490 e. The number of carbonyl (C=O) groups is 3. The molecule has 0 aromatic heterocycles. The second-order valence-corrected chi connectivity index (χ2v) is 8.81. The summed E-state index contributed by atoms with van der Waals surface area (Å²) < 4.78 is 24.9. The Labute approximate surface area is 230 Å². The Morgan fingerprint density at radius 2 is 1.76 bits per heavy atom. The predicted octanol–water partition coefficient (Wildman–Crippen LogP) is 4.59. The summed E-state index contributed by atoms with van der Waals surface area (Å²) in [5.74, 6) is -2.13. The van der Waals surface area contributed by atoms with Crippen molar-refractivity contribution >= 4 is 69.5 Å². The second kappa shape index (κ2) is 13.6. The standard InChI is InChI=1S/C25H21ClFIN4O5/c1-2-36-21-12-15(13-29-32-25(35)24(34)30-17-9-7-16(27)8-10-17)11-19(28)23(21)37-14-22(33)31-20-6-4-3-5-18(20)26/h3-13H,2,14H2,1H3,(H,30,34)(H,31,33)(H,32,35)/b29-13-. The molecule has 3 aromatic rings. The molecule has 0 aliphatic heterocycles. The van der Waals surface area contributed by atoms with Gasteiger partial charge in [0.2, 0.25) is 0 Å². The molecule has 37 heavy (non-hydrogen) atoms. The summed E-state index contributed by atoms with van der Waals surface area (Å²) in [5, 5.41) is 9.21. The highest BCUT2D eigenvalue weighted by molar-refractivity contribution is 14.1. The van der Waals surface area contributed by atoms with Crippen molar-refractivity contribution in [3.63, 3.8) is 0 Å². The van der Waals surface area contributed by atoms with E-state index in [1.165, 1.54) is 18.3 Å². The molecule has 192 valence electrons. The lowest BCUT2D eigenvalue weighted by Gasteiger charge is -2.15. The maximum atomic E-state index is 13.0. The smallest absolute Gasteiger partial charge is 0.329 e. The van der Waals surface area contributed by atoms with E-state index in [0.717, 1.165) is 12.1 Å². The van der Waals surface area contributed by atoms with E-state index in [4.69, 9.17) is 21.1 Å². The minimum atomic E-state index is -1.01. The van der Waals surface area contributed by atoms with Gasteiger partial charge in [0.1, 0.15) is 5.82 Å². The Hall–Kier alpha value is -3.71. The molecule has 9 nitrogen and oxygen atoms in total. The number of rotatable bonds is 9. The number of amides is 3. The molecule has 3 aromatic carbocycles. The van der Waals surface area contributed by atoms with E-state index in [0.29, 0.717) is 37.9 Å². The number of hydrazone groups is 1. The lowest BCUT2D eigenvalue weighted by Crippen LogP contribution is -2.32. The fourth-order valence-corrected chi connectivity index (χ4v) is 3.85. The third-order valence-electron chi connectivity index (χ3n) is 4.52. The number of ether oxygens (including phenoxy) is 2. The van der Waals surface area contributed by atoms with Crippen LogP contribution >= 0.6 is 34.2 Å². The molecule has 0 saturated heterocycles. The first-order valence-corrected chi connectivity index (χ1v) is 12.3. The summed E-state index contributed by atoms with van der Waals surface area (Å²) >= 11 is 8.08. The van der Waals surface area contributed by atoms with Crippen LogP contribution in [0.25, 0.3) is 0 Å². The highest BCUT2D eigenvalue weighted by Gasteiger charge is 2.15. The van der Waals surface area contributed by atoms with Crippen LogP contribution < -0.4 is 25.5 Å². The predicted molar refractivity (Wildman–Crippen MR) is 147 cm³/mol. The van der Waals surface area contributed by atoms with Crippen LogP contribution in [-0.4, -0.2) is 37.1 Å². The number of hydrogen-bond acceptors (Lipinski definition) is 6. The maximum Gasteiger partial charge on any atom is 0.329 e. The summed E-state index contributed by atoms with van der Waals surface area (Å²) in [6, 6.07) is 15.1. The van der Waals surface area contributed by atoms with E-state index >= 15 is 0 Å². The van der Waals surface area contributed by atoms with Gasteiger partial charge in [-0.1, -0.05) is 23.7 Å². The number of carbonyl (C=O) groups excluding carboxylic acids is 3. The molecule has 0 aliphatic carbocycles. The molecule has 0 saturated carbocycles. The fraction of sp³-hybridized carbons (Fsp3) is 0.120. The minimum Gasteiger partial charge on any atom is -0.490 e. The zero-order valence-corrected chi connectivity index (χ0v) is 22.3. The molecular weight excluding hydrogens is 618 g/mol. The fourth-order valence-electron chi connectivity index (χ4n) is 2.89. The van der Waals surface area contributed by atoms with Gasteiger partial charge in [0.15, 0.2) is 18.1 Å². The molecule has 0 spiro atoms. The number of halogens is 3. The van der Waals surface area contributed by atoms with E-state index in [1.54, 1.807) is 43.3 Å². The summed E-state index contributed by atoms with van der Waals surface area (Å²) in [5.41, 5.74) is 3.40. The van der Waals surface area contributed by atoms with Crippen molar-refractivity contribution in [3.05, 3.63) is 80.6 Å². The maximum absolute atomic E-state index is 13.0. The Morgan fingerprint density at radius 1 is 1.03 bits per heavy atom. The van der Waals surface area contributed by atoms with Gasteiger partial charge < -0.3 is 20.1 Å². The molecule has 0 radical (unpaired) electrons. The number of hydrogen-bond donors (Lipinski definition) is 3. The van der Waals surface area contributed by atoms with Gasteiger partial charge in [-0.3, -0.25) is 14.4 Å². The monoisotopic (exact) mass is 638 g/mol. The first-order chi connectivity index (χ1) is 17.8. The summed E-state index contributed by atoms with van der Waals surface area (Å²) in [4.78, 5) is 36.3. The zero-order chi connectivity index (χ0) is 26.8. The summed E-state index contributed by atoms with van der Waals surface area (Å²) in [6.07, 6.45) is 1.32. The molecule has 0 bridgehead atoms. The molecule has 0 unspecified atom stereocenters. The van der Waals surface area contributed by atoms with E-state index in [9.17, 15) is 18.8 Å². The van der Waals surface area contributed by atoms with Gasteiger partial charge in [-0.2, -0.15) is 5.10 Å². The third kappa shape index (κ3) is 8.43. The van der Waals surface area contributed by atoms with Crippen LogP contribution in [-0.2, 0) is 14.4 Å². The summed E-state index contributed by atoms with van der Waals surface area (Å²) in [6.45, 7) is 1.84. The molecular formula is C25H21ClFIN4O5. The number of benzene rings is 3. The molecule has 3 rings (SSSR count). The van der Waals surface area contributed by atoms with E-state index in [-0.39, 0.29) is 12.3 Å². The Morgan fingerprint density at radius 3 is 2.46 bits per heavy atom. The van der Waals surface area contributed by atoms with Gasteiger partial charge in [-0.15, -0.1) is 0 Å². The number of nitrogens with one attached hydrogen (secondary N) is 3. The molecule has 3 amide bonds. The highest BCUT2D eigenvalue weighted by Crippen LogP contribution is 2.34. The highest BCUT2D eigenvalue weighted by atomic mass is 127. The van der Waals surface area contributed by atoms with Crippen LogP contribution in [0.1, 0.15) is 12.5 Å². The van der Waals surface area contributed by atoms with Crippen molar-refractivity contribution in [2.24, 2.45) is 5.10 Å². The quantitative estimate of drug-likeness (QED) is 0.137. The van der Waals surface area contributed by atoms with Crippen molar-refractivity contribution in [2.75, 3.05) is 23.8 Å². The van der Waals surface area contributed by atoms with Crippen LogP contribution in [0, 0.1) is 9.39 Å². The summed E-state index contributed by atoms with van der Waals surface area (Å²) in [7, 11) is 0. The number of para-hydroxylation sites is 1. The zero-order valence-electron chi connectivity index (χ0n) is 19.4. The van der Waals surface area contributed by atoms with Gasteiger partial charge in [0, 0.05) is 5.69 Å². The molecule has 12 heteroatoms. The molecule has 0 aliphatic rings. The van der Waals surface area contributed by atoms with Crippen molar-refractivity contribution in [3.8, 4) is 11.5 Å². The Bertz CT molecular complexity index is 1320. The van der Waals surface area contributed by atoms with Gasteiger partial charge in [-0.25, -0.2) is 9.82 Å². The van der Waals surface area contributed by atoms with E-state index < -0.39 is 23.5 Å². The average Bonchev–Trinajstić information content (AvgIpc) is 2.86. The number of anilines is 2. The third-order valence-corrected chi connectivity index (χ3v) is 5.65. The van der Waals surface area contributed by atoms with Crippen LogP contribution in [0.5, 0.6) is 11.5 Å². The van der Waals surface area contributed by atoms with Gasteiger partial charge >= 0.3 is 11.8 Å². The normalized spacial score (nSPS) is 10.6. The van der Waals surface area contributed by atoms with Crippen molar-refractivity contribution in [1.82, 2.24) is 5.43 Å². The van der Waals surface area contributed by atoms with Crippen LogP contribution in [0.15, 0.2) is 65.8 Å². The van der Waals surface area contributed by atoms with Crippen molar-refractivity contribution < 1.29 is 28.2 Å². The average molecular weight is 639 g/mol. The minimum absolute atomic E-state index is 0.262. The number of nitrogens with zero attached hydrogens (tertiary/aromatic N) is 1. The van der Waals surface area contributed by atoms with Gasteiger partial charge in [0.25, 0.3) is 5.91 Å². The van der Waals surface area contributed by atoms with E-state index in [2.05, 4.69) is 21.2 Å². The second-order valence-electron chi connectivity index (χ2n) is 7.24. The van der Waals surface area contributed by atoms with Crippen LogP contribution in [0.3, 0.4) is 0 Å². The van der Waals surface area contributed by atoms with Crippen LogP contribution in [0.2, 0.25) is 5.02 Å². The Kier molecular flexibility index (Phi) is 10.2. The van der Waals surface area contributed by atoms with Gasteiger partial charge in [-0.05, 0) is 83.6 Å². The molecule has 0 atom stereocenters. The first-order valence-electron chi connectivity index (χ1n) is 10.8. The molecule has 3 N–H and O–H groups in total. The van der Waals surface area contributed by atoms with Crippen molar-refractivity contribution in [2.45, 2.75) is 6.92 Å². The van der Waals surface area contributed by atoms with E-state index in [1.807, 2.05) is 22.6 Å². The topological polar surface area (TPSA) is 118 Å². The SMILES string of the molecule is CCOc1cc(/C=N\NC(=O)C(=O)Nc2ccc(F)cc2)cc(I)c1OCC(=O)Nc1ccccc1Cl. The van der Waals surface area contributed by atoms with Gasteiger partial charge in [0.05, 0.1) is 27.1 Å². The molecule has 0 fully saturated rings.